The Morgan fingerprint density at radius 1 is 1.06 bits per heavy atom. The standard InChI is InChI=1S/C16H28N2/c1-13(2)9-11-18(4)12-10-16(17)15-7-5-14(3)6-8-15/h5-8,13,16H,9-12,17H2,1-4H3. The van der Waals surface area contributed by atoms with Crippen molar-refractivity contribution in [1.29, 1.82) is 0 Å². The molecular formula is C16H28N2. The smallest absolute Gasteiger partial charge is 0.0307 e. The SMILES string of the molecule is Cc1ccc(C(N)CCN(C)CCC(C)C)cc1. The van der Waals surface area contributed by atoms with E-state index in [2.05, 4.69) is 57.0 Å². The Bertz CT molecular complexity index is 329. The van der Waals surface area contributed by atoms with E-state index in [4.69, 9.17) is 5.73 Å². The highest BCUT2D eigenvalue weighted by Crippen LogP contribution is 2.15. The molecule has 1 aromatic rings. The zero-order valence-electron chi connectivity index (χ0n) is 12.3. The average Bonchev–Trinajstić information content (AvgIpc) is 2.34. The van der Waals surface area contributed by atoms with E-state index in [1.807, 2.05) is 0 Å². The third-order valence-corrected chi connectivity index (χ3v) is 3.42. The van der Waals surface area contributed by atoms with Crippen molar-refractivity contribution in [3.63, 3.8) is 0 Å². The van der Waals surface area contributed by atoms with Gasteiger partial charge in [0.25, 0.3) is 0 Å². The summed E-state index contributed by atoms with van der Waals surface area (Å²) in [4.78, 5) is 2.38. The minimum atomic E-state index is 0.159. The molecule has 102 valence electrons. The molecule has 2 heteroatoms. The molecule has 1 atom stereocenters. The molecule has 0 fully saturated rings. The van der Waals surface area contributed by atoms with E-state index in [-0.39, 0.29) is 6.04 Å². The van der Waals surface area contributed by atoms with E-state index in [1.165, 1.54) is 17.5 Å². The predicted octanol–water partition coefficient (Wildman–Crippen LogP) is 3.36. The van der Waals surface area contributed by atoms with E-state index in [0.29, 0.717) is 0 Å². The molecule has 1 aromatic carbocycles. The summed E-state index contributed by atoms with van der Waals surface area (Å²) in [5.74, 6) is 0.776. The quantitative estimate of drug-likeness (QED) is 0.801. The molecule has 0 saturated heterocycles. The Morgan fingerprint density at radius 2 is 1.61 bits per heavy atom. The first-order valence-corrected chi connectivity index (χ1v) is 6.99. The molecule has 0 amide bonds. The van der Waals surface area contributed by atoms with Gasteiger partial charge in [-0.3, -0.25) is 0 Å². The minimum absolute atomic E-state index is 0.159. The molecule has 0 aliphatic rings. The molecular weight excluding hydrogens is 220 g/mol. The van der Waals surface area contributed by atoms with Gasteiger partial charge in [-0.1, -0.05) is 43.7 Å². The molecule has 0 saturated carbocycles. The molecule has 1 rings (SSSR count). The van der Waals surface area contributed by atoms with Crippen molar-refractivity contribution in [1.82, 2.24) is 4.90 Å². The number of nitrogens with zero attached hydrogens (tertiary/aromatic N) is 1. The van der Waals surface area contributed by atoms with Gasteiger partial charge in [0.1, 0.15) is 0 Å². The third kappa shape index (κ3) is 5.65. The second kappa shape index (κ2) is 7.55. The summed E-state index contributed by atoms with van der Waals surface area (Å²) in [6, 6.07) is 8.73. The largest absolute Gasteiger partial charge is 0.324 e. The fourth-order valence-electron chi connectivity index (χ4n) is 1.93. The van der Waals surface area contributed by atoms with E-state index in [1.54, 1.807) is 0 Å². The summed E-state index contributed by atoms with van der Waals surface area (Å²) in [6.45, 7) is 8.88. The highest BCUT2D eigenvalue weighted by molar-refractivity contribution is 5.23. The normalized spacial score (nSPS) is 13.3. The highest BCUT2D eigenvalue weighted by Gasteiger charge is 2.07. The molecule has 0 bridgehead atoms. The van der Waals surface area contributed by atoms with E-state index < -0.39 is 0 Å². The Labute approximate surface area is 112 Å². The molecule has 18 heavy (non-hydrogen) atoms. The number of hydrogen-bond acceptors (Lipinski definition) is 2. The average molecular weight is 248 g/mol. The van der Waals surface area contributed by atoms with Crippen LogP contribution in [-0.2, 0) is 0 Å². The molecule has 1 unspecified atom stereocenters. The van der Waals surface area contributed by atoms with Gasteiger partial charge in [-0.15, -0.1) is 0 Å². The Kier molecular flexibility index (Phi) is 6.37. The van der Waals surface area contributed by atoms with Crippen molar-refractivity contribution >= 4 is 0 Å². The number of hydrogen-bond donors (Lipinski definition) is 1. The van der Waals surface area contributed by atoms with Gasteiger partial charge >= 0.3 is 0 Å². The van der Waals surface area contributed by atoms with Crippen LogP contribution in [0.5, 0.6) is 0 Å². The Morgan fingerprint density at radius 3 is 2.17 bits per heavy atom. The van der Waals surface area contributed by atoms with Gasteiger partial charge < -0.3 is 10.6 Å². The molecule has 0 radical (unpaired) electrons. The predicted molar refractivity (Wildman–Crippen MR) is 79.7 cm³/mol. The van der Waals surface area contributed by atoms with Crippen LogP contribution >= 0.6 is 0 Å². The summed E-state index contributed by atoms with van der Waals surface area (Å²) in [5.41, 5.74) is 8.76. The number of rotatable bonds is 7. The zero-order valence-corrected chi connectivity index (χ0v) is 12.3. The highest BCUT2D eigenvalue weighted by atomic mass is 15.1. The topological polar surface area (TPSA) is 29.3 Å². The number of benzene rings is 1. The van der Waals surface area contributed by atoms with Crippen LogP contribution in [0.25, 0.3) is 0 Å². The van der Waals surface area contributed by atoms with Gasteiger partial charge in [0, 0.05) is 6.04 Å². The lowest BCUT2D eigenvalue weighted by Crippen LogP contribution is -2.25. The van der Waals surface area contributed by atoms with Crippen LogP contribution in [0.4, 0.5) is 0 Å². The van der Waals surface area contributed by atoms with Crippen LogP contribution in [-0.4, -0.2) is 25.0 Å². The number of nitrogens with two attached hydrogens (primary N) is 1. The molecule has 0 spiro atoms. The summed E-state index contributed by atoms with van der Waals surface area (Å²) >= 11 is 0. The maximum absolute atomic E-state index is 6.22. The minimum Gasteiger partial charge on any atom is -0.324 e. The monoisotopic (exact) mass is 248 g/mol. The number of aryl methyl sites for hydroxylation is 1. The lowest BCUT2D eigenvalue weighted by atomic mass is 10.0. The van der Waals surface area contributed by atoms with Crippen molar-refractivity contribution in [3.8, 4) is 0 Å². The summed E-state index contributed by atoms with van der Waals surface area (Å²) in [5, 5.41) is 0. The first-order valence-electron chi connectivity index (χ1n) is 6.99. The van der Waals surface area contributed by atoms with E-state index in [9.17, 15) is 0 Å². The second-order valence-corrected chi connectivity index (χ2v) is 5.79. The lowest BCUT2D eigenvalue weighted by molar-refractivity contribution is 0.298. The van der Waals surface area contributed by atoms with Gasteiger partial charge in [-0.25, -0.2) is 0 Å². The summed E-state index contributed by atoms with van der Waals surface area (Å²) in [6.07, 6.45) is 2.29. The van der Waals surface area contributed by atoms with Crippen molar-refractivity contribution < 1.29 is 0 Å². The molecule has 0 heterocycles. The van der Waals surface area contributed by atoms with Crippen molar-refractivity contribution in [2.75, 3.05) is 20.1 Å². The third-order valence-electron chi connectivity index (χ3n) is 3.42. The van der Waals surface area contributed by atoms with Gasteiger partial charge in [0.05, 0.1) is 0 Å². The lowest BCUT2D eigenvalue weighted by Gasteiger charge is -2.20. The van der Waals surface area contributed by atoms with Gasteiger partial charge in [0.2, 0.25) is 0 Å². The first-order chi connectivity index (χ1) is 8.49. The van der Waals surface area contributed by atoms with Crippen LogP contribution in [0.2, 0.25) is 0 Å². The van der Waals surface area contributed by atoms with Gasteiger partial charge in [-0.05, 0) is 51.4 Å². The zero-order chi connectivity index (χ0) is 13.5. The van der Waals surface area contributed by atoms with Crippen molar-refractivity contribution in [2.24, 2.45) is 11.7 Å². The second-order valence-electron chi connectivity index (χ2n) is 5.79. The van der Waals surface area contributed by atoms with Gasteiger partial charge in [-0.2, -0.15) is 0 Å². The Hall–Kier alpha value is -0.860. The van der Waals surface area contributed by atoms with Crippen molar-refractivity contribution in [2.45, 2.75) is 39.7 Å². The fourth-order valence-corrected chi connectivity index (χ4v) is 1.93. The summed E-state index contributed by atoms with van der Waals surface area (Å²) in [7, 11) is 2.18. The van der Waals surface area contributed by atoms with Crippen molar-refractivity contribution in [3.05, 3.63) is 35.4 Å². The van der Waals surface area contributed by atoms with Crippen LogP contribution < -0.4 is 5.73 Å². The maximum atomic E-state index is 6.22. The molecule has 2 N–H and O–H groups in total. The van der Waals surface area contributed by atoms with E-state index >= 15 is 0 Å². The Balaban J connectivity index is 2.32. The van der Waals surface area contributed by atoms with Crippen LogP contribution in [0.1, 0.15) is 43.9 Å². The van der Waals surface area contributed by atoms with Crippen LogP contribution in [0.3, 0.4) is 0 Å². The fraction of sp³-hybridized carbons (Fsp3) is 0.625. The molecule has 0 aliphatic heterocycles. The summed E-state index contributed by atoms with van der Waals surface area (Å²) < 4.78 is 0. The first kappa shape index (κ1) is 15.2. The maximum Gasteiger partial charge on any atom is 0.0307 e. The van der Waals surface area contributed by atoms with E-state index in [0.717, 1.165) is 25.4 Å². The van der Waals surface area contributed by atoms with Crippen LogP contribution in [0, 0.1) is 12.8 Å². The molecule has 2 nitrogen and oxygen atoms in total. The van der Waals surface area contributed by atoms with Crippen LogP contribution in [0.15, 0.2) is 24.3 Å². The van der Waals surface area contributed by atoms with Gasteiger partial charge in [0.15, 0.2) is 0 Å². The molecule has 0 aliphatic carbocycles. The molecule has 0 aromatic heterocycles.